The van der Waals surface area contributed by atoms with E-state index in [9.17, 15) is 24.0 Å². The van der Waals surface area contributed by atoms with Crippen LogP contribution in [-0.4, -0.2) is 78.8 Å². The zero-order chi connectivity index (χ0) is 29.2. The molecular formula is C24H30N4O10S. The number of methoxy groups -OCH3 is 1. The lowest BCUT2D eigenvalue weighted by atomic mass is 9.89. The van der Waals surface area contributed by atoms with Gasteiger partial charge in [0, 0.05) is 43.9 Å². The number of carbonyl (C=O) groups excluding carboxylic acids is 5. The fraction of sp³-hybridized carbons (Fsp3) is 0.542. The number of rotatable bonds is 11. The second-order valence-electron chi connectivity index (χ2n) is 8.46. The number of nitrogens with zero attached hydrogens (tertiary/aromatic N) is 3. The number of hydrogen-bond donors (Lipinski definition) is 1. The van der Waals surface area contributed by atoms with Crippen molar-refractivity contribution in [1.82, 2.24) is 5.32 Å². The van der Waals surface area contributed by atoms with Crippen LogP contribution in [0.4, 0.5) is 0 Å². The van der Waals surface area contributed by atoms with Gasteiger partial charge in [0.15, 0.2) is 6.10 Å². The van der Waals surface area contributed by atoms with E-state index in [1.807, 2.05) is 0 Å². The molecule has 6 atom stereocenters. The van der Waals surface area contributed by atoms with Crippen LogP contribution in [0.3, 0.4) is 0 Å². The van der Waals surface area contributed by atoms with Crippen molar-refractivity contribution in [1.29, 1.82) is 0 Å². The van der Waals surface area contributed by atoms with Crippen LogP contribution in [-0.2, 0) is 47.7 Å². The Morgan fingerprint density at radius 1 is 1.10 bits per heavy atom. The first-order valence-electron chi connectivity index (χ1n) is 11.7. The zero-order valence-corrected chi connectivity index (χ0v) is 22.8. The van der Waals surface area contributed by atoms with E-state index in [4.69, 9.17) is 29.2 Å². The number of amides is 1. The molecule has 0 aliphatic carbocycles. The summed E-state index contributed by atoms with van der Waals surface area (Å²) in [6, 6.07) is 7.45. The predicted octanol–water partition coefficient (Wildman–Crippen LogP) is 2.05. The summed E-state index contributed by atoms with van der Waals surface area (Å²) in [4.78, 5) is 63.2. The summed E-state index contributed by atoms with van der Waals surface area (Å²) < 4.78 is 27.7. The molecule has 14 nitrogen and oxygen atoms in total. The Kier molecular flexibility index (Phi) is 11.6. The van der Waals surface area contributed by atoms with E-state index in [0.29, 0.717) is 4.90 Å². The van der Waals surface area contributed by atoms with Crippen LogP contribution in [0.5, 0.6) is 0 Å². The van der Waals surface area contributed by atoms with E-state index < -0.39 is 71.7 Å². The van der Waals surface area contributed by atoms with Crippen molar-refractivity contribution in [2.75, 3.05) is 13.7 Å². The first-order valence-corrected chi connectivity index (χ1v) is 12.5. The van der Waals surface area contributed by atoms with Crippen LogP contribution in [0.1, 0.15) is 34.1 Å². The average Bonchev–Trinajstić information content (AvgIpc) is 2.85. The Morgan fingerprint density at radius 2 is 1.74 bits per heavy atom. The van der Waals surface area contributed by atoms with Crippen molar-refractivity contribution >= 4 is 41.5 Å². The predicted molar refractivity (Wildman–Crippen MR) is 135 cm³/mol. The first-order chi connectivity index (χ1) is 18.4. The minimum atomic E-state index is -1.88. The molecule has 1 fully saturated rings. The molecule has 1 aliphatic heterocycles. The van der Waals surface area contributed by atoms with Gasteiger partial charge in [-0.2, -0.15) is 0 Å². The molecule has 0 unspecified atom stereocenters. The number of carbonyl (C=O) groups is 5. The van der Waals surface area contributed by atoms with Crippen molar-refractivity contribution in [2.45, 2.75) is 74.4 Å². The molecule has 0 spiro atoms. The van der Waals surface area contributed by atoms with Gasteiger partial charge >= 0.3 is 23.9 Å². The molecule has 0 radical (unpaired) electrons. The number of nitrogens with one attached hydrogen (secondary N) is 1. The van der Waals surface area contributed by atoms with E-state index in [1.54, 1.807) is 30.3 Å². The Hall–Kier alpha value is -3.81. The highest BCUT2D eigenvalue weighted by atomic mass is 32.2. The van der Waals surface area contributed by atoms with Gasteiger partial charge in [0.25, 0.3) is 0 Å². The third-order valence-corrected chi connectivity index (χ3v) is 6.66. The number of esters is 4. The molecule has 212 valence electrons. The van der Waals surface area contributed by atoms with Gasteiger partial charge in [-0.3, -0.25) is 19.2 Å². The topological polar surface area (TPSA) is 192 Å². The van der Waals surface area contributed by atoms with Crippen LogP contribution in [0, 0.1) is 0 Å². The molecule has 1 aromatic carbocycles. The minimum absolute atomic E-state index is 0.276. The largest absolute Gasteiger partial charge is 0.466 e. The maximum absolute atomic E-state index is 13.3. The van der Waals surface area contributed by atoms with Gasteiger partial charge in [-0.1, -0.05) is 35.1 Å². The summed E-state index contributed by atoms with van der Waals surface area (Å²) in [6.45, 7) is 4.03. The maximum atomic E-state index is 13.3. The molecular weight excluding hydrogens is 536 g/mol. The second kappa shape index (κ2) is 14.4. The number of benzene rings is 1. The highest BCUT2D eigenvalue weighted by Crippen LogP contribution is 2.45. The van der Waals surface area contributed by atoms with Crippen molar-refractivity contribution in [3.8, 4) is 0 Å². The van der Waals surface area contributed by atoms with Crippen molar-refractivity contribution in [3.05, 3.63) is 40.8 Å². The number of thioether (sulfide) groups is 1. The van der Waals surface area contributed by atoms with E-state index in [-0.39, 0.29) is 6.42 Å². The Balaban J connectivity index is 2.77. The third kappa shape index (κ3) is 8.87. The molecule has 1 aromatic rings. The van der Waals surface area contributed by atoms with Gasteiger partial charge < -0.3 is 29.0 Å². The van der Waals surface area contributed by atoms with Crippen molar-refractivity contribution in [3.63, 3.8) is 0 Å². The molecule has 1 aliphatic rings. The lowest BCUT2D eigenvalue weighted by molar-refractivity contribution is -0.220. The van der Waals surface area contributed by atoms with Crippen LogP contribution in [0.25, 0.3) is 10.4 Å². The summed E-state index contributed by atoms with van der Waals surface area (Å²) in [5.41, 5.74) is 8.89. The van der Waals surface area contributed by atoms with Gasteiger partial charge in [0.2, 0.25) is 10.8 Å². The third-order valence-electron chi connectivity index (χ3n) is 5.39. The Bertz CT molecular complexity index is 1110. The monoisotopic (exact) mass is 566 g/mol. The number of ether oxygens (including phenoxy) is 5. The lowest BCUT2D eigenvalue weighted by Crippen LogP contribution is -2.67. The van der Waals surface area contributed by atoms with Crippen LogP contribution < -0.4 is 5.32 Å². The molecule has 0 aromatic heterocycles. The minimum Gasteiger partial charge on any atom is -0.466 e. The van der Waals surface area contributed by atoms with Crippen molar-refractivity contribution < 1.29 is 47.7 Å². The molecule has 1 saturated heterocycles. The smallest absolute Gasteiger partial charge is 0.349 e. The standard InChI is InChI=1S/C24H30N4O10S/c1-13(29)27-20-18(35-14(2)30)11-24(23(33)34-5,39-17-9-7-6-8-10-17)38-22(20)21(37-16(4)32)19(12-26-28-25)36-15(3)31/h6-10,18-22H,11-12H2,1-5H3,(H,27,29)/t18-,19+,20+,21+,22+,24+/m0/s1. The highest BCUT2D eigenvalue weighted by Gasteiger charge is 2.58. The summed E-state index contributed by atoms with van der Waals surface area (Å²) in [5.74, 6) is -3.79. The van der Waals surface area contributed by atoms with Gasteiger partial charge in [-0.05, 0) is 17.7 Å². The van der Waals surface area contributed by atoms with Crippen LogP contribution >= 0.6 is 11.8 Å². The number of azide groups is 1. The van der Waals surface area contributed by atoms with Gasteiger partial charge in [0.1, 0.15) is 18.3 Å². The number of hydrogen-bond acceptors (Lipinski definition) is 12. The van der Waals surface area contributed by atoms with E-state index in [1.165, 1.54) is 6.92 Å². The Morgan fingerprint density at radius 3 is 2.26 bits per heavy atom. The zero-order valence-electron chi connectivity index (χ0n) is 22.0. The summed E-state index contributed by atoms with van der Waals surface area (Å²) >= 11 is 0.949. The van der Waals surface area contributed by atoms with Crippen molar-refractivity contribution in [2.24, 2.45) is 5.11 Å². The van der Waals surface area contributed by atoms with Crippen LogP contribution in [0.15, 0.2) is 40.3 Å². The molecule has 1 heterocycles. The van der Waals surface area contributed by atoms with Gasteiger partial charge in [-0.15, -0.1) is 0 Å². The molecule has 0 saturated carbocycles. The lowest BCUT2D eigenvalue weighted by Gasteiger charge is -2.48. The van der Waals surface area contributed by atoms with Gasteiger partial charge in [0.05, 0.1) is 19.7 Å². The fourth-order valence-corrected chi connectivity index (χ4v) is 5.36. The maximum Gasteiger partial charge on any atom is 0.349 e. The van der Waals surface area contributed by atoms with E-state index in [2.05, 4.69) is 15.3 Å². The van der Waals surface area contributed by atoms with Crippen LogP contribution in [0.2, 0.25) is 0 Å². The fourth-order valence-electron chi connectivity index (χ4n) is 4.11. The first kappa shape index (κ1) is 31.4. The summed E-state index contributed by atoms with van der Waals surface area (Å²) in [5, 5.41) is 6.07. The quantitative estimate of drug-likeness (QED) is 0.135. The molecule has 0 bridgehead atoms. The SMILES string of the molecule is COC(=O)[C@]1(Sc2ccccc2)C[C@H](OC(C)=O)[C@@H](NC(C)=O)[C@H]([C@H](OC(C)=O)[C@@H](CN=[N+]=[N-])OC(C)=O)O1. The summed E-state index contributed by atoms with van der Waals surface area (Å²) in [6.07, 6.45) is -5.88. The second-order valence-corrected chi connectivity index (χ2v) is 9.79. The Labute approximate surface area is 228 Å². The van der Waals surface area contributed by atoms with Gasteiger partial charge in [-0.25, -0.2) is 4.79 Å². The summed E-state index contributed by atoms with van der Waals surface area (Å²) in [7, 11) is 1.14. The molecule has 1 amide bonds. The average molecular weight is 567 g/mol. The molecule has 39 heavy (non-hydrogen) atoms. The molecule has 1 N–H and O–H groups in total. The normalized spacial score (nSPS) is 23.7. The highest BCUT2D eigenvalue weighted by molar-refractivity contribution is 8.01. The molecule has 2 rings (SSSR count). The molecule has 15 heteroatoms. The van der Waals surface area contributed by atoms with E-state index >= 15 is 0 Å². The van der Waals surface area contributed by atoms with E-state index in [0.717, 1.165) is 39.6 Å².